The summed E-state index contributed by atoms with van der Waals surface area (Å²) in [6.45, 7) is 0. The summed E-state index contributed by atoms with van der Waals surface area (Å²) in [6.07, 6.45) is 0. The van der Waals surface area contributed by atoms with Gasteiger partial charge in [0.15, 0.2) is 0 Å². The van der Waals surface area contributed by atoms with Gasteiger partial charge in [0, 0.05) is 17.1 Å². The predicted molar refractivity (Wildman–Crippen MR) is 220 cm³/mol. The average Bonchev–Trinajstić information content (AvgIpc) is 3.21. The number of nitrogens with zero attached hydrogens (tertiary/aromatic N) is 1. The standard InChI is InChI=1S/C50H33N/c1-2-10-40-31-41(17-13-34(40)7-1)35-19-25-44(26-20-35)51(46-29-23-39-15-14-38-9-4-6-12-48(38)50(39)33-46)45-27-21-36(22-28-45)42-24-30-49-43(32-42)18-16-37-8-3-5-11-47(37)49/h1-33H. The van der Waals surface area contributed by atoms with Crippen LogP contribution in [0.4, 0.5) is 17.1 Å². The molecule has 0 aliphatic rings. The first-order valence-electron chi connectivity index (χ1n) is 17.6. The van der Waals surface area contributed by atoms with Crippen molar-refractivity contribution in [2.75, 3.05) is 4.90 Å². The Morgan fingerprint density at radius 2 is 0.608 bits per heavy atom. The van der Waals surface area contributed by atoms with E-state index in [1.165, 1.54) is 76.1 Å². The molecule has 1 nitrogen and oxygen atoms in total. The summed E-state index contributed by atoms with van der Waals surface area (Å²) in [7, 11) is 0. The third kappa shape index (κ3) is 5.19. The van der Waals surface area contributed by atoms with Crippen LogP contribution in [0.1, 0.15) is 0 Å². The quantitative estimate of drug-likeness (QED) is 0.168. The van der Waals surface area contributed by atoms with Crippen molar-refractivity contribution in [1.82, 2.24) is 0 Å². The minimum atomic E-state index is 1.11. The van der Waals surface area contributed by atoms with E-state index in [2.05, 4.69) is 205 Å². The van der Waals surface area contributed by atoms with E-state index >= 15 is 0 Å². The van der Waals surface area contributed by atoms with Crippen LogP contribution in [0.3, 0.4) is 0 Å². The van der Waals surface area contributed by atoms with Crippen LogP contribution < -0.4 is 4.90 Å². The highest BCUT2D eigenvalue weighted by atomic mass is 15.1. The molecule has 0 amide bonds. The highest BCUT2D eigenvalue weighted by Gasteiger charge is 2.15. The maximum absolute atomic E-state index is 2.38. The fourth-order valence-corrected chi connectivity index (χ4v) is 7.74. The van der Waals surface area contributed by atoms with Gasteiger partial charge in [0.2, 0.25) is 0 Å². The average molecular weight is 648 g/mol. The first-order valence-corrected chi connectivity index (χ1v) is 17.6. The van der Waals surface area contributed by atoms with Gasteiger partial charge in [-0.15, -0.1) is 0 Å². The monoisotopic (exact) mass is 647 g/mol. The van der Waals surface area contributed by atoms with Crippen molar-refractivity contribution in [3.05, 3.63) is 200 Å². The lowest BCUT2D eigenvalue weighted by atomic mass is 9.97. The molecule has 51 heavy (non-hydrogen) atoms. The fraction of sp³-hybridized carbons (Fsp3) is 0. The Morgan fingerprint density at radius 1 is 0.216 bits per heavy atom. The van der Waals surface area contributed by atoms with E-state index in [1.54, 1.807) is 0 Å². The topological polar surface area (TPSA) is 3.24 Å². The molecule has 10 aromatic carbocycles. The molecule has 1 heteroatoms. The number of fused-ring (bicyclic) bond motifs is 7. The van der Waals surface area contributed by atoms with Crippen molar-refractivity contribution in [3.8, 4) is 22.3 Å². The molecule has 10 rings (SSSR count). The minimum Gasteiger partial charge on any atom is -0.310 e. The summed E-state index contributed by atoms with van der Waals surface area (Å²) in [5.74, 6) is 0. The second-order valence-electron chi connectivity index (χ2n) is 13.4. The maximum atomic E-state index is 2.38. The number of rotatable bonds is 5. The van der Waals surface area contributed by atoms with Gasteiger partial charge in [-0.3, -0.25) is 0 Å². The fourth-order valence-electron chi connectivity index (χ4n) is 7.74. The summed E-state index contributed by atoms with van der Waals surface area (Å²) in [6, 6.07) is 73.1. The molecule has 0 spiro atoms. The first-order chi connectivity index (χ1) is 25.2. The lowest BCUT2D eigenvalue weighted by molar-refractivity contribution is 1.29. The first kappa shape index (κ1) is 29.2. The third-order valence-corrected chi connectivity index (χ3v) is 10.4. The Bertz CT molecular complexity index is 2900. The highest BCUT2D eigenvalue weighted by molar-refractivity contribution is 6.10. The molecule has 0 aromatic heterocycles. The van der Waals surface area contributed by atoms with Crippen LogP contribution in [-0.4, -0.2) is 0 Å². The molecule has 0 aliphatic heterocycles. The van der Waals surface area contributed by atoms with E-state index in [0.717, 1.165) is 17.1 Å². The summed E-state index contributed by atoms with van der Waals surface area (Å²) >= 11 is 0. The van der Waals surface area contributed by atoms with Crippen LogP contribution in [-0.2, 0) is 0 Å². The van der Waals surface area contributed by atoms with E-state index in [9.17, 15) is 0 Å². The minimum absolute atomic E-state index is 1.11. The Hall–Kier alpha value is -6.70. The van der Waals surface area contributed by atoms with Crippen LogP contribution in [0.15, 0.2) is 200 Å². The molecule has 0 bridgehead atoms. The van der Waals surface area contributed by atoms with E-state index in [1.807, 2.05) is 0 Å². The number of benzene rings is 10. The van der Waals surface area contributed by atoms with Gasteiger partial charge in [0.25, 0.3) is 0 Å². The van der Waals surface area contributed by atoms with E-state index < -0.39 is 0 Å². The van der Waals surface area contributed by atoms with Gasteiger partial charge in [-0.25, -0.2) is 0 Å². The lowest BCUT2D eigenvalue weighted by Gasteiger charge is -2.26. The smallest absolute Gasteiger partial charge is 0.0468 e. The molecule has 0 N–H and O–H groups in total. The largest absolute Gasteiger partial charge is 0.310 e. The number of anilines is 3. The van der Waals surface area contributed by atoms with Gasteiger partial charge in [0.1, 0.15) is 0 Å². The summed E-state index contributed by atoms with van der Waals surface area (Å²) in [5, 5.41) is 12.6. The third-order valence-electron chi connectivity index (χ3n) is 10.4. The Morgan fingerprint density at radius 3 is 1.25 bits per heavy atom. The van der Waals surface area contributed by atoms with Crippen LogP contribution in [0.25, 0.3) is 76.1 Å². The van der Waals surface area contributed by atoms with Crippen molar-refractivity contribution in [1.29, 1.82) is 0 Å². The zero-order valence-corrected chi connectivity index (χ0v) is 28.0. The zero-order chi connectivity index (χ0) is 33.7. The van der Waals surface area contributed by atoms with Gasteiger partial charge in [0.05, 0.1) is 0 Å². The van der Waals surface area contributed by atoms with Crippen molar-refractivity contribution in [3.63, 3.8) is 0 Å². The molecular weight excluding hydrogens is 615 g/mol. The predicted octanol–water partition coefficient (Wildman–Crippen LogP) is 14.3. The molecule has 0 radical (unpaired) electrons. The summed E-state index contributed by atoms with van der Waals surface area (Å²) < 4.78 is 0. The molecule has 0 atom stereocenters. The second-order valence-corrected chi connectivity index (χ2v) is 13.4. The van der Waals surface area contributed by atoms with Crippen LogP contribution >= 0.6 is 0 Å². The van der Waals surface area contributed by atoms with Crippen molar-refractivity contribution >= 4 is 70.9 Å². The molecule has 0 aliphatic carbocycles. The lowest BCUT2D eigenvalue weighted by Crippen LogP contribution is -2.09. The molecule has 0 unspecified atom stereocenters. The van der Waals surface area contributed by atoms with Crippen LogP contribution in [0.2, 0.25) is 0 Å². The number of hydrogen-bond acceptors (Lipinski definition) is 1. The zero-order valence-electron chi connectivity index (χ0n) is 28.0. The van der Waals surface area contributed by atoms with Crippen LogP contribution in [0.5, 0.6) is 0 Å². The van der Waals surface area contributed by atoms with Gasteiger partial charge < -0.3 is 4.90 Å². The van der Waals surface area contributed by atoms with Crippen LogP contribution in [0, 0.1) is 0 Å². The SMILES string of the molecule is c1ccc2cc(-c3ccc(N(c4ccc(-c5ccc6c(ccc7ccccc76)c5)cc4)c4ccc5ccc6ccccc6c5c4)cc3)ccc2c1. The van der Waals surface area contributed by atoms with E-state index in [0.29, 0.717) is 0 Å². The normalized spacial score (nSPS) is 11.5. The Kier molecular flexibility index (Phi) is 6.89. The van der Waals surface area contributed by atoms with Gasteiger partial charge >= 0.3 is 0 Å². The molecule has 0 heterocycles. The number of hydrogen-bond donors (Lipinski definition) is 0. The van der Waals surface area contributed by atoms with E-state index in [-0.39, 0.29) is 0 Å². The van der Waals surface area contributed by atoms with E-state index in [4.69, 9.17) is 0 Å². The molecule has 0 fully saturated rings. The van der Waals surface area contributed by atoms with Crippen molar-refractivity contribution in [2.24, 2.45) is 0 Å². The van der Waals surface area contributed by atoms with Gasteiger partial charge in [-0.05, 0) is 125 Å². The maximum Gasteiger partial charge on any atom is 0.0468 e. The second kappa shape index (κ2) is 12.0. The summed E-state index contributed by atoms with van der Waals surface area (Å²) in [4.78, 5) is 2.38. The molecule has 238 valence electrons. The van der Waals surface area contributed by atoms with Crippen molar-refractivity contribution in [2.45, 2.75) is 0 Å². The Labute approximate surface area is 297 Å². The molecule has 10 aromatic rings. The van der Waals surface area contributed by atoms with Gasteiger partial charge in [-0.2, -0.15) is 0 Å². The Balaban J connectivity index is 1.07. The molecule has 0 saturated heterocycles. The summed E-state index contributed by atoms with van der Waals surface area (Å²) in [5.41, 5.74) is 8.19. The van der Waals surface area contributed by atoms with Gasteiger partial charge in [-0.1, -0.05) is 152 Å². The van der Waals surface area contributed by atoms with Crippen molar-refractivity contribution < 1.29 is 0 Å². The highest BCUT2D eigenvalue weighted by Crippen LogP contribution is 2.40. The molecular formula is C50H33N. The molecule has 0 saturated carbocycles.